The molecule has 0 saturated carbocycles. The highest BCUT2D eigenvalue weighted by Gasteiger charge is 2.31. The molecular formula is C32H32ClN5O2. The normalized spacial score (nSPS) is 14.8. The molecule has 5 rings (SSSR count). The van der Waals surface area contributed by atoms with Crippen molar-refractivity contribution in [2.24, 2.45) is 0 Å². The Morgan fingerprint density at radius 1 is 1.02 bits per heavy atom. The van der Waals surface area contributed by atoms with Crippen LogP contribution in [0.15, 0.2) is 85.3 Å². The Labute approximate surface area is 240 Å². The van der Waals surface area contributed by atoms with Crippen LogP contribution in [0, 0.1) is 11.3 Å². The van der Waals surface area contributed by atoms with Gasteiger partial charge >= 0.3 is 0 Å². The number of carbonyl (C=O) groups is 1. The van der Waals surface area contributed by atoms with Gasteiger partial charge in [0, 0.05) is 37.4 Å². The third-order valence-electron chi connectivity index (χ3n) is 7.12. The number of imidazole rings is 1. The zero-order chi connectivity index (χ0) is 27.7. The summed E-state index contributed by atoms with van der Waals surface area (Å²) in [6.45, 7) is 2.92. The van der Waals surface area contributed by atoms with E-state index < -0.39 is 0 Å². The van der Waals surface area contributed by atoms with E-state index in [1.807, 2.05) is 71.8 Å². The molecule has 0 unspecified atom stereocenters. The summed E-state index contributed by atoms with van der Waals surface area (Å²) in [6, 6.07) is 25.6. The Balaban J connectivity index is 1.15. The summed E-state index contributed by atoms with van der Waals surface area (Å²) in [5.74, 6) is 0.705. The fourth-order valence-corrected chi connectivity index (χ4v) is 5.20. The van der Waals surface area contributed by atoms with E-state index in [4.69, 9.17) is 16.3 Å². The molecule has 1 amide bonds. The molecule has 1 aromatic heterocycles. The molecule has 1 aliphatic heterocycles. The lowest BCUT2D eigenvalue weighted by Crippen LogP contribution is -2.38. The van der Waals surface area contributed by atoms with Gasteiger partial charge in [0.2, 0.25) is 5.91 Å². The van der Waals surface area contributed by atoms with Crippen LogP contribution in [0.5, 0.6) is 5.75 Å². The number of carbonyl (C=O) groups excluding carboxylic acids is 1. The molecule has 0 aliphatic carbocycles. The summed E-state index contributed by atoms with van der Waals surface area (Å²) < 4.78 is 8.07. The highest BCUT2D eigenvalue weighted by Crippen LogP contribution is 2.22. The molecule has 204 valence electrons. The Morgan fingerprint density at radius 2 is 1.85 bits per heavy atom. The van der Waals surface area contributed by atoms with E-state index in [9.17, 15) is 10.1 Å². The molecule has 0 spiro atoms. The molecule has 0 radical (unpaired) electrons. The number of nitrogens with zero attached hydrogens (tertiary/aromatic N) is 4. The number of aryl methyl sites for hydroxylation is 1. The number of benzene rings is 3. The quantitative estimate of drug-likeness (QED) is 0.239. The fourth-order valence-electron chi connectivity index (χ4n) is 4.98. The van der Waals surface area contributed by atoms with E-state index >= 15 is 0 Å². The van der Waals surface area contributed by atoms with E-state index in [1.165, 1.54) is 5.56 Å². The van der Waals surface area contributed by atoms with Gasteiger partial charge in [0.25, 0.3) is 0 Å². The summed E-state index contributed by atoms with van der Waals surface area (Å²) in [5, 5.41) is 13.7. The van der Waals surface area contributed by atoms with Crippen molar-refractivity contribution < 1.29 is 9.53 Å². The zero-order valence-electron chi connectivity index (χ0n) is 22.3. The van der Waals surface area contributed by atoms with E-state index in [0.717, 1.165) is 36.1 Å². The van der Waals surface area contributed by atoms with Gasteiger partial charge in [-0.2, -0.15) is 5.26 Å². The maximum atomic E-state index is 13.0. The molecule has 1 atom stereocenters. The molecule has 7 nitrogen and oxygen atoms in total. The van der Waals surface area contributed by atoms with Crippen molar-refractivity contribution in [2.75, 3.05) is 13.2 Å². The molecule has 1 N–H and O–H groups in total. The average molecular weight is 554 g/mol. The monoisotopic (exact) mass is 553 g/mol. The maximum Gasteiger partial charge on any atom is 0.240 e. The fraction of sp³-hybridized carbons (Fsp3) is 0.281. The lowest BCUT2D eigenvalue weighted by Gasteiger charge is -2.18. The van der Waals surface area contributed by atoms with Gasteiger partial charge in [-0.25, -0.2) is 4.98 Å². The van der Waals surface area contributed by atoms with Crippen molar-refractivity contribution in [1.82, 2.24) is 19.8 Å². The summed E-state index contributed by atoms with van der Waals surface area (Å²) in [7, 11) is 0. The summed E-state index contributed by atoms with van der Waals surface area (Å²) in [5.41, 5.74) is 4.83. The number of nitriles is 1. The predicted octanol–water partition coefficient (Wildman–Crippen LogP) is 5.36. The highest BCUT2D eigenvalue weighted by atomic mass is 35.5. The second-order valence-electron chi connectivity index (χ2n) is 10.0. The molecule has 1 fully saturated rings. The molecule has 40 heavy (non-hydrogen) atoms. The van der Waals surface area contributed by atoms with Gasteiger partial charge in [-0.1, -0.05) is 60.1 Å². The van der Waals surface area contributed by atoms with Gasteiger partial charge in [-0.15, -0.1) is 0 Å². The second kappa shape index (κ2) is 13.3. The Kier molecular flexibility index (Phi) is 9.12. The smallest absolute Gasteiger partial charge is 0.240 e. The Hall–Kier alpha value is -4.12. The van der Waals surface area contributed by atoms with Crippen LogP contribution in [-0.2, 0) is 30.8 Å². The number of nitrogens with one attached hydrogen (secondary N) is 1. The van der Waals surface area contributed by atoms with Crippen molar-refractivity contribution in [1.29, 1.82) is 5.26 Å². The number of likely N-dealkylation sites (tertiary alicyclic amines) is 1. The van der Waals surface area contributed by atoms with Gasteiger partial charge in [0.15, 0.2) is 0 Å². The van der Waals surface area contributed by atoms with E-state index in [0.29, 0.717) is 49.1 Å². The van der Waals surface area contributed by atoms with E-state index in [1.54, 1.807) is 6.33 Å². The molecule has 1 saturated heterocycles. The van der Waals surface area contributed by atoms with Crippen molar-refractivity contribution in [2.45, 2.75) is 44.9 Å². The Bertz CT molecular complexity index is 1480. The molecule has 3 aromatic carbocycles. The molecule has 0 bridgehead atoms. The van der Waals surface area contributed by atoms with Crippen LogP contribution in [0.3, 0.4) is 0 Å². The van der Waals surface area contributed by atoms with Crippen LogP contribution in [0.25, 0.3) is 0 Å². The topological polar surface area (TPSA) is 83.2 Å². The number of aromatic nitrogens is 2. The largest absolute Gasteiger partial charge is 0.492 e. The first-order valence-electron chi connectivity index (χ1n) is 13.5. The molecule has 1 aliphatic rings. The number of hydrogen-bond acceptors (Lipinski definition) is 5. The van der Waals surface area contributed by atoms with Crippen molar-refractivity contribution >= 4 is 17.5 Å². The first-order chi connectivity index (χ1) is 19.6. The predicted molar refractivity (Wildman–Crippen MR) is 155 cm³/mol. The first kappa shape index (κ1) is 27.4. The number of hydrogen-bond donors (Lipinski definition) is 1. The van der Waals surface area contributed by atoms with Crippen LogP contribution >= 0.6 is 11.6 Å². The van der Waals surface area contributed by atoms with Crippen molar-refractivity contribution in [3.05, 3.63) is 118 Å². The summed E-state index contributed by atoms with van der Waals surface area (Å²) in [6.07, 6.45) is 6.16. The zero-order valence-corrected chi connectivity index (χ0v) is 23.1. The molecule has 4 aromatic rings. The third kappa shape index (κ3) is 7.09. The number of halogens is 1. The second-order valence-corrected chi connectivity index (χ2v) is 10.4. The number of amides is 1. The average Bonchev–Trinajstić information content (AvgIpc) is 3.56. The van der Waals surface area contributed by atoms with Gasteiger partial charge in [0.1, 0.15) is 11.8 Å². The van der Waals surface area contributed by atoms with Crippen LogP contribution in [-0.4, -0.2) is 39.6 Å². The number of rotatable bonds is 12. The standard InChI is InChI=1S/C32H32ClN5O2/c33-28-10-4-8-25(16-28)21-37-14-13-30(32(37)39)36-20-29-19-35-23-38(29)22-26-11-12-27(18-34)31(17-26)40-15-5-9-24-6-2-1-3-7-24/h1-4,6-8,10-12,16-17,19,23,30,36H,5,9,13-15,20-22H2/t30-/m0/s1. The van der Waals surface area contributed by atoms with Crippen LogP contribution in [0.4, 0.5) is 0 Å². The van der Waals surface area contributed by atoms with Crippen molar-refractivity contribution in [3.8, 4) is 11.8 Å². The van der Waals surface area contributed by atoms with Crippen LogP contribution in [0.2, 0.25) is 5.02 Å². The lowest BCUT2D eigenvalue weighted by atomic mass is 10.1. The Morgan fingerprint density at radius 3 is 2.67 bits per heavy atom. The SMILES string of the molecule is N#Cc1ccc(Cn2cncc2CN[C@H]2CCN(Cc3cccc(Cl)c3)C2=O)cc1OCCCc1ccccc1. The molecular weight excluding hydrogens is 522 g/mol. The van der Waals surface area contributed by atoms with Gasteiger partial charge in [-0.05, 0) is 60.2 Å². The van der Waals surface area contributed by atoms with Gasteiger partial charge in [-0.3, -0.25) is 4.79 Å². The van der Waals surface area contributed by atoms with Crippen LogP contribution < -0.4 is 10.1 Å². The highest BCUT2D eigenvalue weighted by molar-refractivity contribution is 6.30. The third-order valence-corrected chi connectivity index (χ3v) is 7.35. The lowest BCUT2D eigenvalue weighted by molar-refractivity contribution is -0.129. The minimum Gasteiger partial charge on any atom is -0.492 e. The number of ether oxygens (including phenoxy) is 1. The minimum absolute atomic E-state index is 0.104. The molecule has 8 heteroatoms. The van der Waals surface area contributed by atoms with E-state index in [-0.39, 0.29) is 11.9 Å². The minimum atomic E-state index is -0.228. The van der Waals surface area contributed by atoms with Gasteiger partial charge < -0.3 is 19.5 Å². The summed E-state index contributed by atoms with van der Waals surface area (Å²) >= 11 is 6.10. The maximum absolute atomic E-state index is 13.0. The first-order valence-corrected chi connectivity index (χ1v) is 13.9. The van der Waals surface area contributed by atoms with Crippen LogP contribution in [0.1, 0.15) is 40.8 Å². The van der Waals surface area contributed by atoms with E-state index in [2.05, 4.69) is 33.1 Å². The summed E-state index contributed by atoms with van der Waals surface area (Å²) in [4.78, 5) is 19.2. The van der Waals surface area contributed by atoms with Gasteiger partial charge in [0.05, 0.1) is 30.2 Å². The van der Waals surface area contributed by atoms with Crippen molar-refractivity contribution in [3.63, 3.8) is 0 Å². The molecule has 2 heterocycles.